The van der Waals surface area contributed by atoms with E-state index in [-0.39, 0.29) is 5.69 Å². The molecule has 0 fully saturated rings. The number of aromatic nitrogens is 1. The van der Waals surface area contributed by atoms with E-state index in [1.807, 2.05) is 6.07 Å². The van der Waals surface area contributed by atoms with Crippen LogP contribution in [0.3, 0.4) is 0 Å². The standard InChI is InChI=1S/C11H15NO2/c1-2-3-4-6-9-7-5-8-12-10(9)11(13)14/h5,7-8H,2-4,6H2,1H3,(H,13,14). The molecule has 0 aliphatic rings. The molecule has 76 valence electrons. The second kappa shape index (κ2) is 5.37. The number of carboxylic acids is 1. The van der Waals surface area contributed by atoms with Crippen LogP contribution in [-0.4, -0.2) is 16.1 Å². The second-order valence-corrected chi connectivity index (χ2v) is 3.27. The normalized spacial score (nSPS) is 10.1. The summed E-state index contributed by atoms with van der Waals surface area (Å²) in [7, 11) is 0. The number of carbonyl (C=O) groups is 1. The molecule has 0 unspecified atom stereocenters. The Morgan fingerprint density at radius 2 is 2.29 bits per heavy atom. The van der Waals surface area contributed by atoms with E-state index in [1.165, 1.54) is 6.20 Å². The molecule has 0 bridgehead atoms. The summed E-state index contributed by atoms with van der Waals surface area (Å²) >= 11 is 0. The van der Waals surface area contributed by atoms with Crippen molar-refractivity contribution in [1.82, 2.24) is 4.98 Å². The van der Waals surface area contributed by atoms with Crippen LogP contribution >= 0.6 is 0 Å². The number of hydrogen-bond donors (Lipinski definition) is 1. The quantitative estimate of drug-likeness (QED) is 0.731. The third-order valence-electron chi connectivity index (χ3n) is 2.14. The first kappa shape index (κ1) is 10.7. The lowest BCUT2D eigenvalue weighted by Gasteiger charge is -2.03. The molecule has 0 spiro atoms. The van der Waals surface area contributed by atoms with Gasteiger partial charge in [0, 0.05) is 6.20 Å². The minimum absolute atomic E-state index is 0.198. The molecule has 1 aromatic heterocycles. The Hall–Kier alpha value is -1.38. The van der Waals surface area contributed by atoms with E-state index in [0.29, 0.717) is 0 Å². The molecule has 3 nitrogen and oxygen atoms in total. The Labute approximate surface area is 83.8 Å². The van der Waals surface area contributed by atoms with Crippen molar-refractivity contribution in [3.8, 4) is 0 Å². The molecule has 0 saturated carbocycles. The van der Waals surface area contributed by atoms with Gasteiger partial charge in [0.05, 0.1) is 0 Å². The van der Waals surface area contributed by atoms with Crippen LogP contribution in [0.5, 0.6) is 0 Å². The lowest BCUT2D eigenvalue weighted by Crippen LogP contribution is -2.05. The van der Waals surface area contributed by atoms with E-state index in [0.717, 1.165) is 31.2 Å². The smallest absolute Gasteiger partial charge is 0.354 e. The number of nitrogens with zero attached hydrogens (tertiary/aromatic N) is 1. The van der Waals surface area contributed by atoms with Gasteiger partial charge in [0.2, 0.25) is 0 Å². The van der Waals surface area contributed by atoms with Crippen LogP contribution in [0.15, 0.2) is 18.3 Å². The first-order valence-electron chi connectivity index (χ1n) is 4.93. The Balaban J connectivity index is 2.69. The van der Waals surface area contributed by atoms with Gasteiger partial charge in [-0.25, -0.2) is 9.78 Å². The lowest BCUT2D eigenvalue weighted by molar-refractivity contribution is 0.0689. The number of aryl methyl sites for hydroxylation is 1. The maximum absolute atomic E-state index is 10.8. The number of pyridine rings is 1. The number of aromatic carboxylic acids is 1. The summed E-state index contributed by atoms with van der Waals surface area (Å²) in [6.07, 6.45) is 5.63. The van der Waals surface area contributed by atoms with E-state index < -0.39 is 5.97 Å². The van der Waals surface area contributed by atoms with Crippen LogP contribution in [0.25, 0.3) is 0 Å². The predicted molar refractivity (Wildman–Crippen MR) is 54.4 cm³/mol. The summed E-state index contributed by atoms with van der Waals surface area (Å²) < 4.78 is 0. The zero-order chi connectivity index (χ0) is 10.4. The van der Waals surface area contributed by atoms with Gasteiger partial charge in [-0.05, 0) is 24.5 Å². The zero-order valence-electron chi connectivity index (χ0n) is 8.36. The Morgan fingerprint density at radius 1 is 1.50 bits per heavy atom. The molecule has 1 rings (SSSR count). The fraction of sp³-hybridized carbons (Fsp3) is 0.455. The van der Waals surface area contributed by atoms with Gasteiger partial charge in [-0.2, -0.15) is 0 Å². The second-order valence-electron chi connectivity index (χ2n) is 3.27. The monoisotopic (exact) mass is 193 g/mol. The van der Waals surface area contributed by atoms with Gasteiger partial charge in [-0.3, -0.25) is 0 Å². The maximum Gasteiger partial charge on any atom is 0.354 e. The fourth-order valence-electron chi connectivity index (χ4n) is 1.40. The molecular formula is C11H15NO2. The third kappa shape index (κ3) is 2.83. The molecular weight excluding hydrogens is 178 g/mol. The van der Waals surface area contributed by atoms with Crippen molar-refractivity contribution in [2.45, 2.75) is 32.6 Å². The van der Waals surface area contributed by atoms with E-state index >= 15 is 0 Å². The molecule has 3 heteroatoms. The van der Waals surface area contributed by atoms with Crippen molar-refractivity contribution >= 4 is 5.97 Å². The molecule has 0 aliphatic carbocycles. The lowest BCUT2D eigenvalue weighted by atomic mass is 10.1. The van der Waals surface area contributed by atoms with Crippen molar-refractivity contribution < 1.29 is 9.90 Å². The fourth-order valence-corrected chi connectivity index (χ4v) is 1.40. The molecule has 1 aromatic rings. The topological polar surface area (TPSA) is 50.2 Å². The Bertz CT molecular complexity index is 310. The number of rotatable bonds is 5. The van der Waals surface area contributed by atoms with Gasteiger partial charge >= 0.3 is 5.97 Å². The molecule has 1 N–H and O–H groups in total. The predicted octanol–water partition coefficient (Wildman–Crippen LogP) is 2.51. The van der Waals surface area contributed by atoms with Gasteiger partial charge in [0.15, 0.2) is 5.69 Å². The van der Waals surface area contributed by atoms with Gasteiger partial charge in [0.1, 0.15) is 0 Å². The van der Waals surface area contributed by atoms with Crippen molar-refractivity contribution in [2.24, 2.45) is 0 Å². The summed E-state index contributed by atoms with van der Waals surface area (Å²) in [5.74, 6) is -0.933. The maximum atomic E-state index is 10.8. The average Bonchev–Trinajstić information content (AvgIpc) is 2.19. The van der Waals surface area contributed by atoms with Gasteiger partial charge in [0.25, 0.3) is 0 Å². The Morgan fingerprint density at radius 3 is 2.93 bits per heavy atom. The largest absolute Gasteiger partial charge is 0.477 e. The van der Waals surface area contributed by atoms with E-state index in [4.69, 9.17) is 5.11 Å². The van der Waals surface area contributed by atoms with Gasteiger partial charge < -0.3 is 5.11 Å². The number of unbranched alkanes of at least 4 members (excludes halogenated alkanes) is 2. The molecule has 0 saturated heterocycles. The van der Waals surface area contributed by atoms with Crippen LogP contribution in [0.4, 0.5) is 0 Å². The van der Waals surface area contributed by atoms with E-state index in [1.54, 1.807) is 6.07 Å². The highest BCUT2D eigenvalue weighted by Crippen LogP contribution is 2.10. The SMILES string of the molecule is CCCCCc1cccnc1C(=O)O. The number of carboxylic acid groups (broad SMARTS) is 1. The minimum Gasteiger partial charge on any atom is -0.477 e. The molecule has 0 radical (unpaired) electrons. The zero-order valence-corrected chi connectivity index (χ0v) is 8.36. The van der Waals surface area contributed by atoms with Crippen LogP contribution in [0.2, 0.25) is 0 Å². The van der Waals surface area contributed by atoms with Gasteiger partial charge in [-0.15, -0.1) is 0 Å². The molecule has 0 atom stereocenters. The molecule has 0 aromatic carbocycles. The van der Waals surface area contributed by atoms with Crippen molar-refractivity contribution in [2.75, 3.05) is 0 Å². The highest BCUT2D eigenvalue weighted by Gasteiger charge is 2.09. The first-order chi connectivity index (χ1) is 6.75. The van der Waals surface area contributed by atoms with Crippen LogP contribution in [0, 0.1) is 0 Å². The highest BCUT2D eigenvalue weighted by atomic mass is 16.4. The van der Waals surface area contributed by atoms with Gasteiger partial charge in [-0.1, -0.05) is 25.8 Å². The van der Waals surface area contributed by atoms with Crippen LogP contribution < -0.4 is 0 Å². The van der Waals surface area contributed by atoms with E-state index in [2.05, 4.69) is 11.9 Å². The van der Waals surface area contributed by atoms with Crippen LogP contribution in [0.1, 0.15) is 42.2 Å². The summed E-state index contributed by atoms with van der Waals surface area (Å²) in [5, 5.41) is 8.86. The highest BCUT2D eigenvalue weighted by molar-refractivity contribution is 5.86. The third-order valence-corrected chi connectivity index (χ3v) is 2.14. The van der Waals surface area contributed by atoms with Crippen LogP contribution in [-0.2, 0) is 6.42 Å². The Kier molecular flexibility index (Phi) is 4.11. The molecule has 14 heavy (non-hydrogen) atoms. The first-order valence-corrected chi connectivity index (χ1v) is 4.93. The summed E-state index contributed by atoms with van der Waals surface area (Å²) in [5.41, 5.74) is 1.04. The van der Waals surface area contributed by atoms with Crippen molar-refractivity contribution in [1.29, 1.82) is 0 Å². The summed E-state index contributed by atoms with van der Waals surface area (Å²) in [4.78, 5) is 14.6. The minimum atomic E-state index is -0.933. The molecule has 1 heterocycles. The van der Waals surface area contributed by atoms with Crippen molar-refractivity contribution in [3.05, 3.63) is 29.6 Å². The average molecular weight is 193 g/mol. The summed E-state index contributed by atoms with van der Waals surface area (Å²) in [6.45, 7) is 2.13. The summed E-state index contributed by atoms with van der Waals surface area (Å²) in [6, 6.07) is 3.62. The van der Waals surface area contributed by atoms with Crippen molar-refractivity contribution in [3.63, 3.8) is 0 Å². The van der Waals surface area contributed by atoms with E-state index in [9.17, 15) is 4.79 Å². The molecule has 0 aliphatic heterocycles. The molecule has 0 amide bonds. The number of hydrogen-bond acceptors (Lipinski definition) is 2.